The molecule has 0 atom stereocenters. The Labute approximate surface area is 109 Å². The third-order valence-corrected chi connectivity index (χ3v) is 3.39. The molecule has 0 radical (unpaired) electrons. The number of aromatic nitrogens is 3. The van der Waals surface area contributed by atoms with Gasteiger partial charge in [0.25, 0.3) is 0 Å². The largest absolute Gasteiger partial charge is 0.409 e. The molecule has 19 heavy (non-hydrogen) atoms. The van der Waals surface area contributed by atoms with Gasteiger partial charge in [-0.05, 0) is 12.1 Å². The first-order chi connectivity index (χ1) is 8.91. The van der Waals surface area contributed by atoms with Crippen molar-refractivity contribution in [2.45, 2.75) is 4.90 Å². The van der Waals surface area contributed by atoms with Crippen molar-refractivity contribution >= 4 is 15.7 Å². The molecule has 2 aromatic heterocycles. The van der Waals surface area contributed by atoms with Gasteiger partial charge >= 0.3 is 0 Å². The third kappa shape index (κ3) is 2.71. The van der Waals surface area contributed by atoms with Gasteiger partial charge in [0.2, 0.25) is 0 Å². The molecule has 2 heterocycles. The molecular formula is C10H11N5O3S. The zero-order valence-corrected chi connectivity index (χ0v) is 10.7. The minimum atomic E-state index is -3.32. The highest BCUT2D eigenvalue weighted by molar-refractivity contribution is 7.90. The van der Waals surface area contributed by atoms with Crippen molar-refractivity contribution in [1.29, 1.82) is 0 Å². The molecule has 0 spiro atoms. The van der Waals surface area contributed by atoms with Crippen molar-refractivity contribution in [3.05, 3.63) is 36.3 Å². The zero-order chi connectivity index (χ0) is 14.0. The Bertz CT molecular complexity index is 735. The van der Waals surface area contributed by atoms with Gasteiger partial charge in [0, 0.05) is 6.26 Å². The van der Waals surface area contributed by atoms with Crippen LogP contribution in [0.3, 0.4) is 0 Å². The Balaban J connectivity index is 2.46. The molecule has 0 aliphatic carbocycles. The lowest BCUT2D eigenvalue weighted by Gasteiger charge is -2.02. The van der Waals surface area contributed by atoms with Crippen molar-refractivity contribution < 1.29 is 13.6 Å². The minimum Gasteiger partial charge on any atom is -0.409 e. The SMILES string of the molecule is CS(=O)(=O)c1cnn(-c2cccc(/C(N)=N/O)n2)c1. The van der Waals surface area contributed by atoms with E-state index in [9.17, 15) is 8.42 Å². The van der Waals surface area contributed by atoms with Gasteiger partial charge in [-0.25, -0.2) is 18.1 Å². The van der Waals surface area contributed by atoms with Gasteiger partial charge in [-0.2, -0.15) is 5.10 Å². The molecule has 0 amide bonds. The Morgan fingerprint density at radius 2 is 2.21 bits per heavy atom. The molecule has 0 aliphatic rings. The average Bonchev–Trinajstić information content (AvgIpc) is 2.87. The summed E-state index contributed by atoms with van der Waals surface area (Å²) in [5.74, 6) is 0.219. The quantitative estimate of drug-likeness (QED) is 0.346. The standard InChI is InChI=1S/C10H11N5O3S/c1-19(17,18)7-5-12-15(6-7)9-4-2-3-8(13-9)10(11)14-16/h2-6,16H,1H3,(H2,11,14). The minimum absolute atomic E-state index is 0.0866. The summed E-state index contributed by atoms with van der Waals surface area (Å²) >= 11 is 0. The van der Waals surface area contributed by atoms with E-state index in [1.54, 1.807) is 18.2 Å². The van der Waals surface area contributed by atoms with E-state index >= 15 is 0 Å². The van der Waals surface area contributed by atoms with Gasteiger partial charge in [-0.15, -0.1) is 0 Å². The van der Waals surface area contributed by atoms with Crippen LogP contribution < -0.4 is 5.73 Å². The predicted octanol–water partition coefficient (Wildman–Crippen LogP) is -0.235. The maximum atomic E-state index is 11.4. The molecule has 8 nitrogen and oxygen atoms in total. The first-order valence-corrected chi connectivity index (χ1v) is 7.01. The Hall–Kier alpha value is -2.42. The second-order valence-corrected chi connectivity index (χ2v) is 5.77. The summed E-state index contributed by atoms with van der Waals surface area (Å²) in [6, 6.07) is 4.81. The van der Waals surface area contributed by atoms with E-state index in [-0.39, 0.29) is 16.4 Å². The molecule has 2 rings (SSSR count). The molecule has 0 unspecified atom stereocenters. The molecule has 0 bridgehead atoms. The fourth-order valence-electron chi connectivity index (χ4n) is 1.37. The van der Waals surface area contributed by atoms with Crippen LogP contribution in [-0.2, 0) is 9.84 Å². The topological polar surface area (TPSA) is 123 Å². The Morgan fingerprint density at radius 1 is 1.47 bits per heavy atom. The smallest absolute Gasteiger partial charge is 0.188 e. The van der Waals surface area contributed by atoms with E-state index < -0.39 is 9.84 Å². The van der Waals surface area contributed by atoms with E-state index in [1.165, 1.54) is 17.1 Å². The fraction of sp³-hybridized carbons (Fsp3) is 0.100. The van der Waals surface area contributed by atoms with Crippen LogP contribution in [-0.4, -0.2) is 40.5 Å². The lowest BCUT2D eigenvalue weighted by atomic mass is 10.3. The van der Waals surface area contributed by atoms with Gasteiger partial charge in [0.1, 0.15) is 10.6 Å². The molecule has 3 N–H and O–H groups in total. The molecular weight excluding hydrogens is 270 g/mol. The number of amidine groups is 1. The second kappa shape index (κ2) is 4.69. The van der Waals surface area contributed by atoms with E-state index in [0.717, 1.165) is 6.26 Å². The Kier molecular flexibility index (Phi) is 3.21. The van der Waals surface area contributed by atoms with E-state index in [1.807, 2.05) is 0 Å². The molecule has 0 fully saturated rings. The lowest BCUT2D eigenvalue weighted by molar-refractivity contribution is 0.318. The summed E-state index contributed by atoms with van der Waals surface area (Å²) in [5, 5.41) is 15.3. The van der Waals surface area contributed by atoms with Crippen LogP contribution >= 0.6 is 0 Å². The maximum absolute atomic E-state index is 11.4. The van der Waals surface area contributed by atoms with Crippen molar-refractivity contribution in [2.24, 2.45) is 10.9 Å². The van der Waals surface area contributed by atoms with Crippen LogP contribution in [0.2, 0.25) is 0 Å². The van der Waals surface area contributed by atoms with Crippen LogP contribution in [0.15, 0.2) is 40.6 Å². The van der Waals surface area contributed by atoms with E-state index in [2.05, 4.69) is 15.2 Å². The highest BCUT2D eigenvalue weighted by atomic mass is 32.2. The number of sulfone groups is 1. The van der Waals surface area contributed by atoms with Crippen molar-refractivity contribution in [3.8, 4) is 5.82 Å². The number of nitrogens with zero attached hydrogens (tertiary/aromatic N) is 4. The van der Waals surface area contributed by atoms with Gasteiger partial charge in [-0.1, -0.05) is 11.2 Å². The van der Waals surface area contributed by atoms with Crippen LogP contribution in [0.25, 0.3) is 5.82 Å². The number of rotatable bonds is 3. The normalized spacial score (nSPS) is 12.6. The molecule has 0 aliphatic heterocycles. The van der Waals surface area contributed by atoms with E-state index in [0.29, 0.717) is 5.82 Å². The highest BCUT2D eigenvalue weighted by Gasteiger charge is 2.11. The maximum Gasteiger partial charge on any atom is 0.188 e. The molecule has 0 saturated carbocycles. The summed E-state index contributed by atoms with van der Waals surface area (Å²) in [6.07, 6.45) is 3.66. The molecule has 2 aromatic rings. The summed E-state index contributed by atoms with van der Waals surface area (Å²) in [7, 11) is -3.32. The van der Waals surface area contributed by atoms with Gasteiger partial charge in [-0.3, -0.25) is 0 Å². The van der Waals surface area contributed by atoms with Gasteiger partial charge < -0.3 is 10.9 Å². The van der Waals surface area contributed by atoms with Crippen molar-refractivity contribution in [3.63, 3.8) is 0 Å². The molecule has 100 valence electrons. The molecule has 0 aromatic carbocycles. The summed E-state index contributed by atoms with van der Waals surface area (Å²) in [6.45, 7) is 0. The number of nitrogens with two attached hydrogens (primary N) is 1. The second-order valence-electron chi connectivity index (χ2n) is 3.76. The van der Waals surface area contributed by atoms with Crippen molar-refractivity contribution in [2.75, 3.05) is 6.26 Å². The van der Waals surface area contributed by atoms with Gasteiger partial charge in [0.05, 0.1) is 12.4 Å². The summed E-state index contributed by atoms with van der Waals surface area (Å²) in [5.41, 5.74) is 5.69. The molecule has 9 heteroatoms. The zero-order valence-electron chi connectivity index (χ0n) is 9.92. The Morgan fingerprint density at radius 3 is 2.79 bits per heavy atom. The lowest BCUT2D eigenvalue weighted by Crippen LogP contribution is -2.16. The number of hydrogen-bond donors (Lipinski definition) is 2. The first kappa shape index (κ1) is 13.0. The van der Waals surface area contributed by atoms with E-state index in [4.69, 9.17) is 10.9 Å². The average molecular weight is 281 g/mol. The monoisotopic (exact) mass is 281 g/mol. The van der Waals surface area contributed by atoms with Crippen LogP contribution in [0.4, 0.5) is 0 Å². The molecule has 0 saturated heterocycles. The summed E-state index contributed by atoms with van der Waals surface area (Å²) < 4.78 is 24.0. The highest BCUT2D eigenvalue weighted by Crippen LogP contribution is 2.11. The number of oxime groups is 1. The van der Waals surface area contributed by atoms with Crippen LogP contribution in [0.1, 0.15) is 5.69 Å². The number of hydrogen-bond acceptors (Lipinski definition) is 6. The predicted molar refractivity (Wildman–Crippen MR) is 67.0 cm³/mol. The van der Waals surface area contributed by atoms with Crippen molar-refractivity contribution in [1.82, 2.24) is 14.8 Å². The van der Waals surface area contributed by atoms with Crippen LogP contribution in [0, 0.1) is 0 Å². The summed E-state index contributed by atoms with van der Waals surface area (Å²) in [4.78, 5) is 4.19. The fourth-order valence-corrected chi connectivity index (χ4v) is 1.90. The number of pyridine rings is 1. The van der Waals surface area contributed by atoms with Gasteiger partial charge in [0.15, 0.2) is 21.5 Å². The third-order valence-electron chi connectivity index (χ3n) is 2.33. The van der Waals surface area contributed by atoms with Crippen LogP contribution in [0.5, 0.6) is 0 Å². The first-order valence-electron chi connectivity index (χ1n) is 5.12.